The predicted molar refractivity (Wildman–Crippen MR) is 134 cm³/mol. The van der Waals surface area contributed by atoms with Crippen LogP contribution in [0.2, 0.25) is 0 Å². The van der Waals surface area contributed by atoms with Crippen LogP contribution < -0.4 is 24.8 Å². The fraction of sp³-hybridized carbons (Fsp3) is 0.308. The van der Waals surface area contributed by atoms with Gasteiger partial charge in [0.1, 0.15) is 11.2 Å². The highest BCUT2D eigenvalue weighted by atomic mass is 16.5. The topological polar surface area (TPSA) is 111 Å². The zero-order valence-electron chi connectivity index (χ0n) is 20.6. The first-order chi connectivity index (χ1) is 16.7. The first-order valence-electron chi connectivity index (χ1n) is 11.1. The highest BCUT2D eigenvalue weighted by Gasteiger charge is 2.43. The van der Waals surface area contributed by atoms with Gasteiger partial charge in [0.05, 0.1) is 32.4 Å². The smallest absolute Gasteiger partial charge is 0.258 e. The van der Waals surface area contributed by atoms with Gasteiger partial charge in [-0.1, -0.05) is 32.0 Å². The van der Waals surface area contributed by atoms with Crippen molar-refractivity contribution in [2.24, 2.45) is 10.9 Å². The van der Waals surface area contributed by atoms with E-state index in [-0.39, 0.29) is 23.2 Å². The molecule has 9 heteroatoms. The second-order valence-corrected chi connectivity index (χ2v) is 8.66. The zero-order valence-corrected chi connectivity index (χ0v) is 20.6. The number of carbonyl (C=O) groups is 2. The number of para-hydroxylation sites is 1. The van der Waals surface area contributed by atoms with Gasteiger partial charge in [-0.3, -0.25) is 9.59 Å². The number of rotatable bonds is 7. The van der Waals surface area contributed by atoms with Crippen molar-refractivity contribution in [1.82, 2.24) is 10.3 Å². The van der Waals surface area contributed by atoms with Crippen molar-refractivity contribution in [3.05, 3.63) is 53.7 Å². The fourth-order valence-corrected chi connectivity index (χ4v) is 3.87. The average Bonchev–Trinajstić information content (AvgIpc) is 3.17. The highest BCUT2D eigenvalue weighted by Crippen LogP contribution is 2.40. The second kappa shape index (κ2) is 9.25. The number of pyridine rings is 1. The van der Waals surface area contributed by atoms with Crippen molar-refractivity contribution in [3.63, 3.8) is 0 Å². The molecule has 0 bridgehead atoms. The number of hydrogen-bond acceptors (Lipinski definition) is 7. The number of methoxy groups -OCH3 is 3. The van der Waals surface area contributed by atoms with Crippen molar-refractivity contribution in [2.45, 2.75) is 26.3 Å². The van der Waals surface area contributed by atoms with E-state index < -0.39 is 11.4 Å². The summed E-state index contributed by atoms with van der Waals surface area (Å²) in [6, 6.07) is 12.5. The number of carbonyl (C=O) groups excluding carboxylic acids is 2. The standard InChI is InChI=1S/C26H28N4O5/c1-14(2)26(3)25(32)29-23(30-26)21-17(11-15-9-7-8-10-18(15)28-21)24(31)27-16-12-19(33-4)22(35-6)20(13-16)34-5/h7-14H,1-6H3,(H,27,31)(H,29,30,32)/t26-/m0/s1. The molecule has 0 radical (unpaired) electrons. The van der Waals surface area contributed by atoms with E-state index in [4.69, 9.17) is 19.2 Å². The number of fused-ring (bicyclic) bond motifs is 1. The van der Waals surface area contributed by atoms with Gasteiger partial charge in [-0.2, -0.15) is 0 Å². The first-order valence-corrected chi connectivity index (χ1v) is 11.1. The second-order valence-electron chi connectivity index (χ2n) is 8.66. The minimum Gasteiger partial charge on any atom is -0.493 e. The third-order valence-electron chi connectivity index (χ3n) is 6.28. The normalized spacial score (nSPS) is 17.2. The molecular formula is C26H28N4O5. The number of nitrogens with zero attached hydrogens (tertiary/aromatic N) is 2. The number of nitrogens with one attached hydrogen (secondary N) is 2. The molecule has 1 aliphatic heterocycles. The van der Waals surface area contributed by atoms with Gasteiger partial charge in [0.25, 0.3) is 11.8 Å². The first kappa shape index (κ1) is 24.0. The van der Waals surface area contributed by atoms with Crippen molar-refractivity contribution in [1.29, 1.82) is 0 Å². The summed E-state index contributed by atoms with van der Waals surface area (Å²) in [5.41, 5.74) is 0.735. The minimum absolute atomic E-state index is 0.0445. The third-order valence-corrected chi connectivity index (χ3v) is 6.28. The van der Waals surface area contributed by atoms with Gasteiger partial charge in [0, 0.05) is 23.2 Å². The zero-order chi connectivity index (χ0) is 25.3. The number of aliphatic imine (C=N–C) groups is 1. The molecule has 182 valence electrons. The lowest BCUT2D eigenvalue weighted by molar-refractivity contribution is -0.124. The molecular weight excluding hydrogens is 448 g/mol. The molecule has 4 rings (SSSR count). The van der Waals surface area contributed by atoms with E-state index in [2.05, 4.69) is 15.6 Å². The van der Waals surface area contributed by atoms with Crippen LogP contribution in [0.15, 0.2) is 47.5 Å². The fourth-order valence-electron chi connectivity index (χ4n) is 3.87. The number of amidine groups is 1. The third kappa shape index (κ3) is 4.25. The Morgan fingerprint density at radius 1 is 1.03 bits per heavy atom. The van der Waals surface area contributed by atoms with Crippen molar-refractivity contribution in [2.75, 3.05) is 26.6 Å². The van der Waals surface area contributed by atoms with Gasteiger partial charge < -0.3 is 24.8 Å². The van der Waals surface area contributed by atoms with E-state index in [1.807, 2.05) is 38.1 Å². The molecule has 1 aliphatic rings. The van der Waals surface area contributed by atoms with Gasteiger partial charge in [-0.05, 0) is 25.0 Å². The minimum atomic E-state index is -0.951. The molecule has 0 fully saturated rings. The van der Waals surface area contributed by atoms with E-state index in [0.29, 0.717) is 34.1 Å². The number of aromatic nitrogens is 1. The predicted octanol–water partition coefficient (Wildman–Crippen LogP) is 3.80. The van der Waals surface area contributed by atoms with Gasteiger partial charge in [0.15, 0.2) is 17.3 Å². The van der Waals surface area contributed by atoms with Gasteiger partial charge in [-0.25, -0.2) is 9.98 Å². The van der Waals surface area contributed by atoms with Crippen molar-refractivity contribution >= 4 is 34.2 Å². The van der Waals surface area contributed by atoms with Crippen LogP contribution in [0.25, 0.3) is 10.9 Å². The summed E-state index contributed by atoms with van der Waals surface area (Å²) >= 11 is 0. The number of ether oxygens (including phenoxy) is 3. The van der Waals surface area contributed by atoms with Crippen LogP contribution in [0.1, 0.15) is 36.8 Å². The molecule has 0 unspecified atom stereocenters. The number of amides is 2. The Kier molecular flexibility index (Phi) is 6.34. The molecule has 0 saturated heterocycles. The molecule has 0 saturated carbocycles. The Labute approximate surface area is 203 Å². The maximum absolute atomic E-state index is 13.5. The van der Waals surface area contributed by atoms with Crippen LogP contribution in [-0.2, 0) is 4.79 Å². The molecule has 3 aromatic rings. The quantitative estimate of drug-likeness (QED) is 0.537. The van der Waals surface area contributed by atoms with E-state index in [9.17, 15) is 9.59 Å². The summed E-state index contributed by atoms with van der Waals surface area (Å²) < 4.78 is 16.1. The molecule has 2 amide bonds. The van der Waals surface area contributed by atoms with Gasteiger partial charge in [0.2, 0.25) is 5.75 Å². The van der Waals surface area contributed by atoms with Crippen LogP contribution >= 0.6 is 0 Å². The Hall–Kier alpha value is -4.14. The molecule has 0 spiro atoms. The van der Waals surface area contributed by atoms with Gasteiger partial charge in [-0.15, -0.1) is 0 Å². The number of benzene rings is 2. The number of hydrogen-bond donors (Lipinski definition) is 2. The summed E-state index contributed by atoms with van der Waals surface area (Å²) in [6.45, 7) is 5.63. The van der Waals surface area contributed by atoms with Crippen LogP contribution in [0.5, 0.6) is 17.2 Å². The summed E-state index contributed by atoms with van der Waals surface area (Å²) in [6.07, 6.45) is 0. The van der Waals surface area contributed by atoms with Gasteiger partial charge >= 0.3 is 0 Å². The maximum atomic E-state index is 13.5. The molecule has 2 heterocycles. The summed E-state index contributed by atoms with van der Waals surface area (Å²) in [5.74, 6) is 0.787. The van der Waals surface area contributed by atoms with Crippen molar-refractivity contribution < 1.29 is 23.8 Å². The average molecular weight is 477 g/mol. The lowest BCUT2D eigenvalue weighted by Crippen LogP contribution is -2.41. The molecule has 35 heavy (non-hydrogen) atoms. The molecule has 9 nitrogen and oxygen atoms in total. The lowest BCUT2D eigenvalue weighted by atomic mass is 9.89. The van der Waals surface area contributed by atoms with Crippen LogP contribution in [0.4, 0.5) is 5.69 Å². The molecule has 2 N–H and O–H groups in total. The Bertz CT molecular complexity index is 1330. The monoisotopic (exact) mass is 476 g/mol. The molecule has 1 aromatic heterocycles. The summed E-state index contributed by atoms with van der Waals surface area (Å²) in [5, 5.41) is 6.49. The Balaban J connectivity index is 1.81. The molecule has 0 aliphatic carbocycles. The van der Waals surface area contributed by atoms with E-state index >= 15 is 0 Å². The summed E-state index contributed by atoms with van der Waals surface area (Å²) in [4.78, 5) is 35.7. The van der Waals surface area contributed by atoms with Crippen LogP contribution in [0.3, 0.4) is 0 Å². The van der Waals surface area contributed by atoms with Crippen LogP contribution in [0, 0.1) is 5.92 Å². The number of anilines is 1. The Morgan fingerprint density at radius 2 is 1.69 bits per heavy atom. The SMILES string of the molecule is COc1cc(NC(=O)c2cc3ccccc3nc2C2=N[C@@](C)(C(C)C)C(=O)N2)cc(OC)c1OC. The molecule has 1 atom stereocenters. The van der Waals surface area contributed by atoms with E-state index in [0.717, 1.165) is 5.39 Å². The largest absolute Gasteiger partial charge is 0.493 e. The molecule has 2 aromatic carbocycles. The highest BCUT2D eigenvalue weighted by molar-refractivity contribution is 6.20. The van der Waals surface area contributed by atoms with E-state index in [1.54, 1.807) is 25.1 Å². The van der Waals surface area contributed by atoms with Crippen LogP contribution in [-0.4, -0.2) is 49.5 Å². The van der Waals surface area contributed by atoms with Crippen molar-refractivity contribution in [3.8, 4) is 17.2 Å². The Morgan fingerprint density at radius 3 is 2.26 bits per heavy atom. The van der Waals surface area contributed by atoms with E-state index in [1.165, 1.54) is 21.3 Å². The maximum Gasteiger partial charge on any atom is 0.258 e. The lowest BCUT2D eigenvalue weighted by Gasteiger charge is -2.21. The summed E-state index contributed by atoms with van der Waals surface area (Å²) in [7, 11) is 4.51.